The first-order valence-corrected chi connectivity index (χ1v) is 5.07. The standard InChI is InChI=1S/C10H12ClNO3/c1-10(5-14-6-10)4-12-9(13)7-2-3-15-8(7)11/h2-3H,4-6H2,1H3,(H,12,13). The number of hydrogen-bond acceptors (Lipinski definition) is 3. The van der Waals surface area contributed by atoms with E-state index in [1.165, 1.54) is 6.26 Å². The molecule has 0 saturated carbocycles. The van der Waals surface area contributed by atoms with Crippen LogP contribution in [0.15, 0.2) is 16.7 Å². The Hall–Kier alpha value is -1.00. The van der Waals surface area contributed by atoms with Crippen LogP contribution in [0.4, 0.5) is 0 Å². The Morgan fingerprint density at radius 1 is 1.67 bits per heavy atom. The van der Waals surface area contributed by atoms with E-state index in [0.29, 0.717) is 25.3 Å². The van der Waals surface area contributed by atoms with Crippen molar-refractivity contribution < 1.29 is 13.9 Å². The number of ether oxygens (including phenoxy) is 1. The second-order valence-electron chi connectivity index (χ2n) is 4.09. The predicted octanol–water partition coefficient (Wildman–Crippen LogP) is 1.70. The molecule has 1 saturated heterocycles. The lowest BCUT2D eigenvalue weighted by molar-refractivity contribution is -0.0978. The van der Waals surface area contributed by atoms with Crippen LogP contribution in [0.1, 0.15) is 17.3 Å². The lowest BCUT2D eigenvalue weighted by atomic mass is 9.89. The molecule has 1 aromatic heterocycles. The van der Waals surface area contributed by atoms with Crippen LogP contribution in [0.2, 0.25) is 5.22 Å². The summed E-state index contributed by atoms with van der Waals surface area (Å²) < 4.78 is 9.93. The average molecular weight is 230 g/mol. The molecule has 0 radical (unpaired) electrons. The zero-order chi connectivity index (χ0) is 10.9. The number of halogens is 1. The van der Waals surface area contributed by atoms with E-state index in [1.807, 2.05) is 0 Å². The maximum Gasteiger partial charge on any atom is 0.256 e. The van der Waals surface area contributed by atoms with Gasteiger partial charge < -0.3 is 14.5 Å². The zero-order valence-corrected chi connectivity index (χ0v) is 9.13. The highest BCUT2D eigenvalue weighted by Crippen LogP contribution is 2.25. The molecule has 1 aliphatic rings. The molecular formula is C10H12ClNO3. The first-order valence-electron chi connectivity index (χ1n) is 4.70. The summed E-state index contributed by atoms with van der Waals surface area (Å²) in [5.74, 6) is -0.207. The van der Waals surface area contributed by atoms with Gasteiger partial charge in [-0.25, -0.2) is 0 Å². The molecule has 0 atom stereocenters. The third-order valence-corrected chi connectivity index (χ3v) is 2.73. The summed E-state index contributed by atoms with van der Waals surface area (Å²) in [6.07, 6.45) is 1.39. The monoisotopic (exact) mass is 229 g/mol. The second-order valence-corrected chi connectivity index (χ2v) is 4.44. The quantitative estimate of drug-likeness (QED) is 0.858. The fourth-order valence-corrected chi connectivity index (χ4v) is 1.60. The number of furan rings is 1. The van der Waals surface area contributed by atoms with Gasteiger partial charge in [0.2, 0.25) is 5.22 Å². The van der Waals surface area contributed by atoms with Crippen molar-refractivity contribution in [1.29, 1.82) is 0 Å². The fourth-order valence-electron chi connectivity index (χ4n) is 1.40. The van der Waals surface area contributed by atoms with Gasteiger partial charge >= 0.3 is 0 Å². The molecule has 1 amide bonds. The van der Waals surface area contributed by atoms with Crippen molar-refractivity contribution in [1.82, 2.24) is 5.32 Å². The van der Waals surface area contributed by atoms with Crippen molar-refractivity contribution in [3.8, 4) is 0 Å². The molecule has 5 heteroatoms. The molecule has 15 heavy (non-hydrogen) atoms. The molecule has 82 valence electrons. The van der Waals surface area contributed by atoms with Gasteiger partial charge in [-0.3, -0.25) is 4.79 Å². The number of hydrogen-bond donors (Lipinski definition) is 1. The van der Waals surface area contributed by atoms with Gasteiger partial charge in [0.05, 0.1) is 25.0 Å². The summed E-state index contributed by atoms with van der Waals surface area (Å²) in [7, 11) is 0. The molecule has 0 aromatic carbocycles. The van der Waals surface area contributed by atoms with Gasteiger partial charge in [-0.15, -0.1) is 0 Å². The lowest BCUT2D eigenvalue weighted by Crippen LogP contribution is -2.48. The highest BCUT2D eigenvalue weighted by Gasteiger charge is 2.33. The van der Waals surface area contributed by atoms with Crippen molar-refractivity contribution in [2.45, 2.75) is 6.92 Å². The van der Waals surface area contributed by atoms with Crippen LogP contribution < -0.4 is 5.32 Å². The van der Waals surface area contributed by atoms with Gasteiger partial charge in [-0.2, -0.15) is 0 Å². The van der Waals surface area contributed by atoms with E-state index >= 15 is 0 Å². The molecule has 2 heterocycles. The molecule has 1 aliphatic heterocycles. The van der Waals surface area contributed by atoms with Gasteiger partial charge in [0.15, 0.2) is 0 Å². The first kappa shape index (κ1) is 10.5. The van der Waals surface area contributed by atoms with Gasteiger partial charge in [-0.1, -0.05) is 6.92 Å². The number of nitrogens with one attached hydrogen (secondary N) is 1. The van der Waals surface area contributed by atoms with Gasteiger partial charge in [0.1, 0.15) is 0 Å². The predicted molar refractivity (Wildman–Crippen MR) is 55.0 cm³/mol. The molecule has 0 unspecified atom stereocenters. The van der Waals surface area contributed by atoms with Crippen LogP contribution in [0.25, 0.3) is 0 Å². The minimum atomic E-state index is -0.207. The average Bonchev–Trinajstić information content (AvgIpc) is 2.58. The van der Waals surface area contributed by atoms with Crippen LogP contribution in [-0.4, -0.2) is 25.7 Å². The summed E-state index contributed by atoms with van der Waals surface area (Å²) in [4.78, 5) is 11.6. The Balaban J connectivity index is 1.90. The van der Waals surface area contributed by atoms with Crippen LogP contribution in [0.3, 0.4) is 0 Å². The molecule has 0 bridgehead atoms. The number of carbonyl (C=O) groups excluding carboxylic acids is 1. The Labute approximate surface area is 92.5 Å². The summed E-state index contributed by atoms with van der Waals surface area (Å²) in [5.41, 5.74) is 0.437. The van der Waals surface area contributed by atoms with Crippen LogP contribution in [-0.2, 0) is 4.74 Å². The summed E-state index contributed by atoms with van der Waals surface area (Å²) in [6.45, 7) is 4.03. The van der Waals surface area contributed by atoms with E-state index in [9.17, 15) is 4.79 Å². The minimum Gasteiger partial charge on any atom is -0.452 e. The van der Waals surface area contributed by atoms with Crippen molar-refractivity contribution in [3.05, 3.63) is 23.1 Å². The smallest absolute Gasteiger partial charge is 0.256 e. The Morgan fingerprint density at radius 2 is 2.40 bits per heavy atom. The third-order valence-electron chi connectivity index (χ3n) is 2.44. The second kappa shape index (κ2) is 3.87. The number of carbonyl (C=O) groups is 1. The summed E-state index contributed by atoms with van der Waals surface area (Å²) in [5, 5.41) is 2.93. The number of amides is 1. The maximum absolute atomic E-state index is 11.6. The Bertz CT molecular complexity index is 370. The van der Waals surface area contributed by atoms with Crippen molar-refractivity contribution in [2.24, 2.45) is 5.41 Å². The van der Waals surface area contributed by atoms with E-state index in [1.54, 1.807) is 6.07 Å². The van der Waals surface area contributed by atoms with E-state index in [0.717, 1.165) is 0 Å². The normalized spacial score (nSPS) is 18.3. The zero-order valence-electron chi connectivity index (χ0n) is 8.38. The minimum absolute atomic E-state index is 0.0614. The lowest BCUT2D eigenvalue weighted by Gasteiger charge is -2.37. The molecule has 4 nitrogen and oxygen atoms in total. The fraction of sp³-hybridized carbons (Fsp3) is 0.500. The van der Waals surface area contributed by atoms with Gasteiger partial charge in [-0.05, 0) is 17.7 Å². The van der Waals surface area contributed by atoms with Gasteiger partial charge in [0.25, 0.3) is 5.91 Å². The highest BCUT2D eigenvalue weighted by molar-refractivity contribution is 6.32. The molecule has 0 aliphatic carbocycles. The van der Waals surface area contributed by atoms with E-state index in [4.69, 9.17) is 20.8 Å². The summed E-state index contributed by atoms with van der Waals surface area (Å²) >= 11 is 5.68. The Kier molecular flexibility index (Phi) is 2.71. The summed E-state index contributed by atoms with van der Waals surface area (Å²) in [6, 6.07) is 1.55. The molecule has 1 N–H and O–H groups in total. The molecule has 2 rings (SSSR count). The third kappa shape index (κ3) is 2.16. The SMILES string of the molecule is CC1(CNC(=O)c2ccoc2Cl)COC1. The topological polar surface area (TPSA) is 51.5 Å². The van der Waals surface area contributed by atoms with Crippen LogP contribution in [0.5, 0.6) is 0 Å². The highest BCUT2D eigenvalue weighted by atomic mass is 35.5. The van der Waals surface area contributed by atoms with Crippen LogP contribution >= 0.6 is 11.6 Å². The Morgan fingerprint density at radius 3 is 2.87 bits per heavy atom. The van der Waals surface area contributed by atoms with E-state index in [-0.39, 0.29) is 16.5 Å². The van der Waals surface area contributed by atoms with Crippen molar-refractivity contribution in [2.75, 3.05) is 19.8 Å². The van der Waals surface area contributed by atoms with Crippen molar-refractivity contribution >= 4 is 17.5 Å². The van der Waals surface area contributed by atoms with Gasteiger partial charge in [0, 0.05) is 12.0 Å². The molecule has 0 spiro atoms. The van der Waals surface area contributed by atoms with Crippen molar-refractivity contribution in [3.63, 3.8) is 0 Å². The molecular weight excluding hydrogens is 218 g/mol. The largest absolute Gasteiger partial charge is 0.452 e. The van der Waals surface area contributed by atoms with Crippen LogP contribution in [0, 0.1) is 5.41 Å². The van der Waals surface area contributed by atoms with E-state index in [2.05, 4.69) is 12.2 Å². The number of rotatable bonds is 3. The van der Waals surface area contributed by atoms with E-state index < -0.39 is 0 Å². The first-order chi connectivity index (χ1) is 7.11. The molecule has 1 aromatic rings. The molecule has 1 fully saturated rings. The maximum atomic E-state index is 11.6.